The van der Waals surface area contributed by atoms with E-state index in [2.05, 4.69) is 15.4 Å². The van der Waals surface area contributed by atoms with Crippen molar-refractivity contribution < 1.29 is 5.11 Å². The van der Waals surface area contributed by atoms with Gasteiger partial charge in [-0.3, -0.25) is 19.4 Å². The van der Waals surface area contributed by atoms with Crippen LogP contribution in [0, 0.1) is 0 Å². The van der Waals surface area contributed by atoms with Gasteiger partial charge < -0.3 is 10.4 Å². The molecule has 18 heavy (non-hydrogen) atoms. The highest BCUT2D eigenvalue weighted by Crippen LogP contribution is 2.25. The van der Waals surface area contributed by atoms with Gasteiger partial charge in [0.15, 0.2) is 5.16 Å². The predicted molar refractivity (Wildman–Crippen MR) is 67.9 cm³/mol. The van der Waals surface area contributed by atoms with Gasteiger partial charge in [-0.1, -0.05) is 11.8 Å². The largest absolute Gasteiger partial charge is 0.389 e. The summed E-state index contributed by atoms with van der Waals surface area (Å²) in [7, 11) is 1.61. The first-order valence-electron chi connectivity index (χ1n) is 5.73. The van der Waals surface area contributed by atoms with Crippen molar-refractivity contribution >= 4 is 11.8 Å². The van der Waals surface area contributed by atoms with Gasteiger partial charge in [0, 0.05) is 12.8 Å². The minimum absolute atomic E-state index is 0.409. The zero-order valence-electron chi connectivity index (χ0n) is 10.1. The molecule has 0 atom stereocenters. The van der Waals surface area contributed by atoms with Gasteiger partial charge in [-0.05, 0) is 25.9 Å². The molecule has 1 aliphatic heterocycles. The van der Waals surface area contributed by atoms with Crippen LogP contribution in [-0.4, -0.2) is 44.3 Å². The van der Waals surface area contributed by atoms with Crippen LogP contribution in [0.5, 0.6) is 0 Å². The summed E-state index contributed by atoms with van der Waals surface area (Å²) in [5, 5.41) is 16.3. The SMILES string of the molecule is Cn1[nH]c(=O)c(=O)nc1SCC1(O)CCNCC1. The highest BCUT2D eigenvalue weighted by molar-refractivity contribution is 7.99. The maximum Gasteiger partial charge on any atom is 0.339 e. The summed E-state index contributed by atoms with van der Waals surface area (Å²) >= 11 is 1.28. The summed E-state index contributed by atoms with van der Waals surface area (Å²) in [5.74, 6) is 0.459. The third-order valence-electron chi connectivity index (χ3n) is 2.95. The van der Waals surface area contributed by atoms with Crippen molar-refractivity contribution in [1.29, 1.82) is 0 Å². The first kappa shape index (κ1) is 13.3. The number of hydrogen-bond acceptors (Lipinski definition) is 6. The molecule has 0 radical (unpaired) electrons. The molecule has 1 fully saturated rings. The highest BCUT2D eigenvalue weighted by atomic mass is 32.2. The molecule has 3 N–H and O–H groups in total. The standard InChI is InChI=1S/C10H16N4O3S/c1-14-9(12-7(15)8(16)13-14)18-6-10(17)2-4-11-5-3-10/h11,17H,2-6H2,1H3,(H,13,16). The number of piperidine rings is 1. The molecule has 0 unspecified atom stereocenters. The van der Waals surface area contributed by atoms with Crippen LogP contribution in [0.2, 0.25) is 0 Å². The summed E-state index contributed by atoms with van der Waals surface area (Å²) in [6.07, 6.45) is 1.36. The fourth-order valence-electron chi connectivity index (χ4n) is 1.83. The van der Waals surface area contributed by atoms with Crippen LogP contribution in [0.4, 0.5) is 0 Å². The van der Waals surface area contributed by atoms with Crippen LogP contribution < -0.4 is 16.4 Å². The second kappa shape index (κ2) is 5.25. The Morgan fingerprint density at radius 3 is 2.78 bits per heavy atom. The van der Waals surface area contributed by atoms with E-state index in [1.54, 1.807) is 7.05 Å². The Labute approximate surface area is 108 Å². The molecule has 1 aromatic heterocycles. The lowest BCUT2D eigenvalue weighted by Gasteiger charge is -2.32. The van der Waals surface area contributed by atoms with E-state index in [0.29, 0.717) is 23.8 Å². The van der Waals surface area contributed by atoms with Crippen molar-refractivity contribution in [3.05, 3.63) is 20.7 Å². The van der Waals surface area contributed by atoms with Crippen molar-refractivity contribution in [3.63, 3.8) is 0 Å². The Kier molecular flexibility index (Phi) is 3.88. The first-order chi connectivity index (χ1) is 8.50. The molecular weight excluding hydrogens is 256 g/mol. The van der Waals surface area contributed by atoms with Gasteiger partial charge in [-0.15, -0.1) is 0 Å². The van der Waals surface area contributed by atoms with Crippen LogP contribution in [0.15, 0.2) is 14.7 Å². The monoisotopic (exact) mass is 272 g/mol. The smallest absolute Gasteiger partial charge is 0.339 e. The number of hydrogen-bond donors (Lipinski definition) is 3. The average Bonchev–Trinajstić information content (AvgIpc) is 2.33. The third-order valence-corrected chi connectivity index (χ3v) is 4.26. The van der Waals surface area contributed by atoms with Gasteiger partial charge in [0.1, 0.15) is 0 Å². The van der Waals surface area contributed by atoms with Crippen molar-refractivity contribution in [2.24, 2.45) is 7.05 Å². The van der Waals surface area contributed by atoms with E-state index >= 15 is 0 Å². The lowest BCUT2D eigenvalue weighted by Crippen LogP contribution is -2.44. The van der Waals surface area contributed by atoms with E-state index in [-0.39, 0.29) is 0 Å². The number of rotatable bonds is 3. The summed E-state index contributed by atoms with van der Waals surface area (Å²) in [6, 6.07) is 0. The number of aryl methyl sites for hydroxylation is 1. The van der Waals surface area contributed by atoms with Crippen molar-refractivity contribution in [2.75, 3.05) is 18.8 Å². The molecule has 0 bridgehead atoms. The Hall–Kier alpha value is -1.12. The predicted octanol–water partition coefficient (Wildman–Crippen LogP) is -1.32. The summed E-state index contributed by atoms with van der Waals surface area (Å²) in [6.45, 7) is 1.57. The molecule has 0 amide bonds. The second-order valence-electron chi connectivity index (χ2n) is 4.46. The molecule has 0 spiro atoms. The summed E-state index contributed by atoms with van der Waals surface area (Å²) < 4.78 is 1.40. The molecule has 100 valence electrons. The van der Waals surface area contributed by atoms with Gasteiger partial charge in [0.25, 0.3) is 0 Å². The molecule has 1 aliphatic rings. The van der Waals surface area contributed by atoms with Gasteiger partial charge in [0.2, 0.25) is 0 Å². The minimum atomic E-state index is -0.798. The molecule has 2 rings (SSSR count). The van der Waals surface area contributed by atoms with Gasteiger partial charge in [0.05, 0.1) is 5.60 Å². The van der Waals surface area contributed by atoms with Crippen LogP contribution in [0.1, 0.15) is 12.8 Å². The van der Waals surface area contributed by atoms with Crippen LogP contribution >= 0.6 is 11.8 Å². The number of H-pyrrole nitrogens is 1. The molecule has 0 aliphatic carbocycles. The van der Waals surface area contributed by atoms with E-state index in [4.69, 9.17) is 0 Å². The molecule has 8 heteroatoms. The minimum Gasteiger partial charge on any atom is -0.389 e. The highest BCUT2D eigenvalue weighted by Gasteiger charge is 2.29. The van der Waals surface area contributed by atoms with Gasteiger partial charge in [-0.25, -0.2) is 0 Å². The van der Waals surface area contributed by atoms with Gasteiger partial charge >= 0.3 is 11.1 Å². The van der Waals surface area contributed by atoms with Crippen LogP contribution in [-0.2, 0) is 7.05 Å². The van der Waals surface area contributed by atoms with Crippen molar-refractivity contribution in [1.82, 2.24) is 20.1 Å². The Bertz CT molecular complexity index is 533. The number of thioether (sulfide) groups is 1. The van der Waals surface area contributed by atoms with E-state index < -0.39 is 16.7 Å². The number of aromatic amines is 1. The normalized spacial score (nSPS) is 18.8. The molecule has 1 aromatic rings. The maximum absolute atomic E-state index is 11.2. The third kappa shape index (κ3) is 3.01. The zero-order valence-corrected chi connectivity index (χ0v) is 10.9. The van der Waals surface area contributed by atoms with Gasteiger partial charge in [-0.2, -0.15) is 4.98 Å². The Morgan fingerprint density at radius 1 is 1.44 bits per heavy atom. The number of aromatic nitrogens is 3. The summed E-state index contributed by atoms with van der Waals surface area (Å²) in [5.41, 5.74) is -2.26. The Balaban J connectivity index is 2.08. The molecule has 2 heterocycles. The number of nitrogens with one attached hydrogen (secondary N) is 2. The lowest BCUT2D eigenvalue weighted by molar-refractivity contribution is 0.0338. The molecule has 0 aromatic carbocycles. The molecule has 1 saturated heterocycles. The fraction of sp³-hybridized carbons (Fsp3) is 0.700. The van der Waals surface area contributed by atoms with E-state index in [1.807, 2.05) is 0 Å². The average molecular weight is 272 g/mol. The zero-order chi connectivity index (χ0) is 13.2. The molecule has 7 nitrogen and oxygen atoms in total. The van der Waals surface area contributed by atoms with E-state index in [1.165, 1.54) is 16.4 Å². The first-order valence-corrected chi connectivity index (χ1v) is 6.72. The topological polar surface area (TPSA) is 100 Å². The van der Waals surface area contributed by atoms with Crippen LogP contribution in [0.25, 0.3) is 0 Å². The number of nitrogens with zero attached hydrogens (tertiary/aromatic N) is 2. The second-order valence-corrected chi connectivity index (χ2v) is 5.40. The fourth-order valence-corrected chi connectivity index (χ4v) is 2.90. The molecule has 0 saturated carbocycles. The lowest BCUT2D eigenvalue weighted by atomic mass is 9.95. The Morgan fingerprint density at radius 2 is 2.11 bits per heavy atom. The van der Waals surface area contributed by atoms with Crippen LogP contribution in [0.3, 0.4) is 0 Å². The maximum atomic E-state index is 11.2. The van der Waals surface area contributed by atoms with E-state index in [9.17, 15) is 14.7 Å². The number of aliphatic hydroxyl groups is 1. The quantitative estimate of drug-likeness (QED) is 0.466. The van der Waals surface area contributed by atoms with Crippen molar-refractivity contribution in [2.45, 2.75) is 23.6 Å². The van der Waals surface area contributed by atoms with Crippen molar-refractivity contribution in [3.8, 4) is 0 Å². The van der Waals surface area contributed by atoms with E-state index in [0.717, 1.165) is 13.1 Å². The molecular formula is C10H16N4O3S. The summed E-state index contributed by atoms with van der Waals surface area (Å²) in [4.78, 5) is 25.9.